The molecule has 0 saturated heterocycles. The molecule has 124 valence electrons. The van der Waals surface area contributed by atoms with E-state index in [4.69, 9.17) is 21.1 Å². The van der Waals surface area contributed by atoms with Crippen molar-refractivity contribution in [2.75, 3.05) is 6.79 Å². The van der Waals surface area contributed by atoms with Crippen LogP contribution in [-0.2, 0) is 0 Å². The first-order valence-electron chi connectivity index (χ1n) is 7.42. The van der Waals surface area contributed by atoms with Crippen LogP contribution in [0.1, 0.15) is 11.3 Å². The Bertz CT molecular complexity index is 1030. The van der Waals surface area contributed by atoms with Gasteiger partial charge in [-0.1, -0.05) is 23.7 Å². The van der Waals surface area contributed by atoms with E-state index in [0.29, 0.717) is 27.8 Å². The largest absolute Gasteiger partial charge is 0.454 e. The first-order valence-corrected chi connectivity index (χ1v) is 7.80. The van der Waals surface area contributed by atoms with E-state index >= 15 is 0 Å². The highest BCUT2D eigenvalue weighted by Crippen LogP contribution is 2.38. The molecule has 0 bridgehead atoms. The minimum absolute atomic E-state index is 0.0515. The molecule has 0 atom stereocenters. The third-order valence-electron chi connectivity index (χ3n) is 3.83. The Morgan fingerprint density at radius 1 is 1.08 bits per heavy atom. The molecular formula is C18H11ClN2O4. The average Bonchev–Trinajstić information content (AvgIpc) is 3.06. The summed E-state index contributed by atoms with van der Waals surface area (Å²) >= 11 is 5.99. The molecule has 0 saturated carbocycles. The highest BCUT2D eigenvalue weighted by atomic mass is 35.5. The Labute approximate surface area is 147 Å². The van der Waals surface area contributed by atoms with Crippen molar-refractivity contribution in [3.63, 3.8) is 0 Å². The van der Waals surface area contributed by atoms with E-state index in [1.807, 2.05) is 18.2 Å². The molecule has 7 heteroatoms. The number of rotatable bonds is 3. The molecule has 1 aromatic heterocycles. The number of benzene rings is 2. The third kappa shape index (κ3) is 2.99. The molecule has 0 fully saturated rings. The summed E-state index contributed by atoms with van der Waals surface area (Å²) in [6.45, 7) is 0.0621. The molecule has 0 unspecified atom stereocenters. The van der Waals surface area contributed by atoms with Gasteiger partial charge in [0.15, 0.2) is 11.5 Å². The number of halogens is 1. The molecule has 2 aromatic carbocycles. The van der Waals surface area contributed by atoms with Crippen LogP contribution in [0.5, 0.6) is 11.5 Å². The van der Waals surface area contributed by atoms with Crippen LogP contribution < -0.4 is 9.47 Å². The summed E-state index contributed by atoms with van der Waals surface area (Å²) < 4.78 is 10.5. The molecule has 0 spiro atoms. The second-order valence-electron chi connectivity index (χ2n) is 5.43. The quantitative estimate of drug-likeness (QED) is 0.503. The SMILES string of the molecule is O=[N+]([O-])c1cc2c(cc1/C=C/c1ccc3ccc(Cl)cc3n1)OCO2. The minimum atomic E-state index is -0.449. The van der Waals surface area contributed by atoms with Gasteiger partial charge in [0.25, 0.3) is 5.69 Å². The number of nitro benzene ring substituents is 1. The van der Waals surface area contributed by atoms with Gasteiger partial charge in [-0.25, -0.2) is 4.98 Å². The van der Waals surface area contributed by atoms with Gasteiger partial charge in [-0.2, -0.15) is 0 Å². The monoisotopic (exact) mass is 354 g/mol. The molecule has 4 rings (SSSR count). The Morgan fingerprint density at radius 2 is 1.84 bits per heavy atom. The van der Waals surface area contributed by atoms with Crippen LogP contribution in [0.4, 0.5) is 5.69 Å². The normalized spacial score (nSPS) is 12.8. The topological polar surface area (TPSA) is 74.5 Å². The highest BCUT2D eigenvalue weighted by molar-refractivity contribution is 6.31. The second kappa shape index (κ2) is 6.07. The van der Waals surface area contributed by atoms with Crippen LogP contribution in [0.3, 0.4) is 0 Å². The fourth-order valence-electron chi connectivity index (χ4n) is 2.61. The van der Waals surface area contributed by atoms with Crippen LogP contribution in [0.25, 0.3) is 23.1 Å². The van der Waals surface area contributed by atoms with Crippen molar-refractivity contribution in [3.05, 3.63) is 68.9 Å². The van der Waals surface area contributed by atoms with E-state index in [-0.39, 0.29) is 12.5 Å². The molecule has 25 heavy (non-hydrogen) atoms. The zero-order valence-corrected chi connectivity index (χ0v) is 13.6. The van der Waals surface area contributed by atoms with Gasteiger partial charge in [0.05, 0.1) is 27.8 Å². The number of pyridine rings is 1. The van der Waals surface area contributed by atoms with Gasteiger partial charge >= 0.3 is 0 Å². The number of hydrogen-bond donors (Lipinski definition) is 0. The van der Waals surface area contributed by atoms with Crippen molar-refractivity contribution < 1.29 is 14.4 Å². The first kappa shape index (κ1) is 15.4. The number of hydrogen-bond acceptors (Lipinski definition) is 5. The number of fused-ring (bicyclic) bond motifs is 2. The summed E-state index contributed by atoms with van der Waals surface area (Å²) in [6, 6.07) is 12.2. The molecular weight excluding hydrogens is 344 g/mol. The molecule has 1 aliphatic heterocycles. The Morgan fingerprint density at radius 3 is 2.64 bits per heavy atom. The van der Waals surface area contributed by atoms with Gasteiger partial charge in [0.2, 0.25) is 6.79 Å². The first-order chi connectivity index (χ1) is 12.1. The van der Waals surface area contributed by atoms with Crippen LogP contribution in [-0.4, -0.2) is 16.7 Å². The summed E-state index contributed by atoms with van der Waals surface area (Å²) in [6.07, 6.45) is 3.35. The number of nitro groups is 1. The molecule has 0 radical (unpaired) electrons. The van der Waals surface area contributed by atoms with Crippen LogP contribution in [0.15, 0.2) is 42.5 Å². The maximum Gasteiger partial charge on any atom is 0.280 e. The van der Waals surface area contributed by atoms with Gasteiger partial charge in [-0.05, 0) is 36.4 Å². The predicted octanol–water partition coefficient (Wildman–Crippen LogP) is 4.70. The van der Waals surface area contributed by atoms with E-state index in [9.17, 15) is 10.1 Å². The van der Waals surface area contributed by atoms with E-state index < -0.39 is 4.92 Å². The molecule has 6 nitrogen and oxygen atoms in total. The Balaban J connectivity index is 1.73. The van der Waals surface area contributed by atoms with E-state index in [0.717, 1.165) is 10.9 Å². The van der Waals surface area contributed by atoms with E-state index in [1.54, 1.807) is 30.4 Å². The van der Waals surface area contributed by atoms with Crippen molar-refractivity contribution in [1.29, 1.82) is 0 Å². The summed E-state index contributed by atoms with van der Waals surface area (Å²) in [5.74, 6) is 0.867. The Kier molecular flexibility index (Phi) is 3.74. The smallest absolute Gasteiger partial charge is 0.280 e. The summed E-state index contributed by atoms with van der Waals surface area (Å²) in [7, 11) is 0. The molecule has 2 heterocycles. The van der Waals surface area contributed by atoms with Gasteiger partial charge in [0.1, 0.15) is 0 Å². The molecule has 0 amide bonds. The standard InChI is InChI=1S/C18H11ClN2O4/c19-13-4-1-11-2-5-14(20-15(11)8-13)6-3-12-7-17-18(25-10-24-17)9-16(12)21(22)23/h1-9H,10H2/b6-3+. The van der Waals surface area contributed by atoms with Gasteiger partial charge in [0, 0.05) is 10.4 Å². The fraction of sp³-hybridized carbons (Fsp3) is 0.0556. The van der Waals surface area contributed by atoms with Crippen LogP contribution in [0, 0.1) is 10.1 Å². The fourth-order valence-corrected chi connectivity index (χ4v) is 2.78. The van der Waals surface area contributed by atoms with Crippen LogP contribution in [0.2, 0.25) is 5.02 Å². The summed E-state index contributed by atoms with van der Waals surface area (Å²) in [5, 5.41) is 12.9. The van der Waals surface area contributed by atoms with E-state index in [2.05, 4.69) is 4.98 Å². The lowest BCUT2D eigenvalue weighted by Crippen LogP contribution is -1.93. The maximum atomic E-state index is 11.3. The molecule has 3 aromatic rings. The van der Waals surface area contributed by atoms with Gasteiger partial charge < -0.3 is 9.47 Å². The predicted molar refractivity (Wildman–Crippen MR) is 94.9 cm³/mol. The minimum Gasteiger partial charge on any atom is -0.454 e. The lowest BCUT2D eigenvalue weighted by molar-refractivity contribution is -0.385. The number of aromatic nitrogens is 1. The second-order valence-corrected chi connectivity index (χ2v) is 5.86. The summed E-state index contributed by atoms with van der Waals surface area (Å²) in [5.41, 5.74) is 1.79. The average molecular weight is 355 g/mol. The highest BCUT2D eigenvalue weighted by Gasteiger charge is 2.22. The van der Waals surface area contributed by atoms with Gasteiger partial charge in [-0.3, -0.25) is 10.1 Å². The van der Waals surface area contributed by atoms with Crippen molar-refractivity contribution in [3.8, 4) is 11.5 Å². The van der Waals surface area contributed by atoms with Crippen molar-refractivity contribution >= 4 is 40.3 Å². The zero-order valence-electron chi connectivity index (χ0n) is 12.8. The number of nitrogens with zero attached hydrogens (tertiary/aromatic N) is 2. The molecule has 0 N–H and O–H groups in total. The summed E-state index contributed by atoms with van der Waals surface area (Å²) in [4.78, 5) is 15.3. The lowest BCUT2D eigenvalue weighted by atomic mass is 10.1. The van der Waals surface area contributed by atoms with Gasteiger partial charge in [-0.15, -0.1) is 0 Å². The zero-order chi connectivity index (χ0) is 17.4. The molecule has 0 aliphatic carbocycles. The van der Waals surface area contributed by atoms with Crippen molar-refractivity contribution in [1.82, 2.24) is 4.98 Å². The van der Waals surface area contributed by atoms with Crippen molar-refractivity contribution in [2.45, 2.75) is 0 Å². The van der Waals surface area contributed by atoms with Crippen molar-refractivity contribution in [2.24, 2.45) is 0 Å². The van der Waals surface area contributed by atoms with Crippen LogP contribution >= 0.6 is 11.6 Å². The maximum absolute atomic E-state index is 11.3. The Hall–Kier alpha value is -3.12. The van der Waals surface area contributed by atoms with E-state index in [1.165, 1.54) is 6.07 Å². The number of ether oxygens (including phenoxy) is 2. The third-order valence-corrected chi connectivity index (χ3v) is 4.06. The molecule has 1 aliphatic rings. The lowest BCUT2D eigenvalue weighted by Gasteiger charge is -2.02.